The van der Waals surface area contributed by atoms with Gasteiger partial charge in [0.15, 0.2) is 0 Å². The predicted molar refractivity (Wildman–Crippen MR) is 59.4 cm³/mol. The normalized spacial score (nSPS) is 22.4. The number of aliphatic hydroxyl groups is 1. The Labute approximate surface area is 91.9 Å². The monoisotopic (exact) mass is 256 g/mol. The van der Waals surface area contributed by atoms with E-state index in [1.165, 1.54) is 0 Å². The topological polar surface area (TPSA) is 36.4 Å². The van der Waals surface area contributed by atoms with Crippen LogP contribution in [0.4, 0.5) is 5.69 Å². The highest BCUT2D eigenvalue weighted by Crippen LogP contribution is 2.20. The number of piperidine rings is 1. The smallest absolute Gasteiger partial charge is 0.106 e. The minimum atomic E-state index is -0.188. The first kappa shape index (κ1) is 9.93. The van der Waals surface area contributed by atoms with E-state index in [0.717, 1.165) is 36.2 Å². The molecule has 2 rings (SSSR count). The molecule has 1 aliphatic rings. The summed E-state index contributed by atoms with van der Waals surface area (Å²) in [5.41, 5.74) is 1.09. The van der Waals surface area contributed by atoms with Crippen LogP contribution in [0.1, 0.15) is 12.8 Å². The van der Waals surface area contributed by atoms with Gasteiger partial charge >= 0.3 is 0 Å². The van der Waals surface area contributed by atoms with Gasteiger partial charge in [0.1, 0.15) is 4.60 Å². The molecular weight excluding hydrogens is 244 g/mol. The van der Waals surface area contributed by atoms with E-state index in [4.69, 9.17) is 0 Å². The number of pyridine rings is 1. The number of nitrogens with zero attached hydrogens (tertiary/aromatic N) is 2. The van der Waals surface area contributed by atoms with Gasteiger partial charge in [0.2, 0.25) is 0 Å². The molecule has 2 heterocycles. The summed E-state index contributed by atoms with van der Waals surface area (Å²) in [7, 11) is 0. The van der Waals surface area contributed by atoms with Gasteiger partial charge < -0.3 is 10.0 Å². The van der Waals surface area contributed by atoms with E-state index in [0.29, 0.717) is 0 Å². The van der Waals surface area contributed by atoms with E-state index in [2.05, 4.69) is 25.8 Å². The number of anilines is 1. The molecule has 0 aliphatic carbocycles. The summed E-state index contributed by atoms with van der Waals surface area (Å²) in [5, 5.41) is 9.52. The fourth-order valence-corrected chi connectivity index (χ4v) is 1.98. The van der Waals surface area contributed by atoms with E-state index < -0.39 is 0 Å². The van der Waals surface area contributed by atoms with Crippen LogP contribution in [0.15, 0.2) is 22.9 Å². The van der Waals surface area contributed by atoms with Crippen molar-refractivity contribution < 1.29 is 5.11 Å². The van der Waals surface area contributed by atoms with Crippen molar-refractivity contribution in [2.75, 3.05) is 18.0 Å². The SMILES string of the molecule is OC1CCCN(c2ccc(Br)nc2)C1. The standard InChI is InChI=1S/C10H13BrN2O/c11-10-4-3-8(6-12-10)13-5-1-2-9(14)7-13/h3-4,6,9,14H,1-2,5,7H2. The second kappa shape index (κ2) is 4.28. The fraction of sp³-hybridized carbons (Fsp3) is 0.500. The van der Waals surface area contributed by atoms with Gasteiger partial charge in [-0.3, -0.25) is 0 Å². The fourth-order valence-electron chi connectivity index (χ4n) is 1.74. The maximum atomic E-state index is 9.52. The van der Waals surface area contributed by atoms with Gasteiger partial charge in [0.25, 0.3) is 0 Å². The lowest BCUT2D eigenvalue weighted by molar-refractivity contribution is 0.154. The third kappa shape index (κ3) is 2.25. The van der Waals surface area contributed by atoms with Crippen molar-refractivity contribution in [3.05, 3.63) is 22.9 Å². The highest BCUT2D eigenvalue weighted by molar-refractivity contribution is 9.10. The number of hydrogen-bond donors (Lipinski definition) is 1. The van der Waals surface area contributed by atoms with Crippen molar-refractivity contribution in [1.82, 2.24) is 4.98 Å². The molecule has 4 heteroatoms. The summed E-state index contributed by atoms with van der Waals surface area (Å²) in [6, 6.07) is 3.95. The van der Waals surface area contributed by atoms with Crippen LogP contribution in [-0.4, -0.2) is 29.3 Å². The number of aromatic nitrogens is 1. The molecule has 14 heavy (non-hydrogen) atoms. The quantitative estimate of drug-likeness (QED) is 0.779. The van der Waals surface area contributed by atoms with Crippen molar-refractivity contribution in [2.24, 2.45) is 0 Å². The molecule has 1 aromatic rings. The van der Waals surface area contributed by atoms with Crippen LogP contribution in [0.3, 0.4) is 0 Å². The first-order valence-corrected chi connectivity index (χ1v) is 5.59. The predicted octanol–water partition coefficient (Wildman–Crippen LogP) is 1.81. The van der Waals surface area contributed by atoms with Crippen LogP contribution in [0.25, 0.3) is 0 Å². The van der Waals surface area contributed by atoms with Crippen LogP contribution in [-0.2, 0) is 0 Å². The third-order valence-electron chi connectivity index (χ3n) is 2.47. The van der Waals surface area contributed by atoms with Crippen LogP contribution in [0.5, 0.6) is 0 Å². The van der Waals surface area contributed by atoms with Crippen LogP contribution in [0.2, 0.25) is 0 Å². The maximum Gasteiger partial charge on any atom is 0.106 e. The lowest BCUT2D eigenvalue weighted by Gasteiger charge is -2.31. The van der Waals surface area contributed by atoms with E-state index in [9.17, 15) is 5.11 Å². The molecule has 1 atom stereocenters. The van der Waals surface area contributed by atoms with Gasteiger partial charge in [-0.05, 0) is 40.9 Å². The molecule has 1 unspecified atom stereocenters. The maximum absolute atomic E-state index is 9.52. The molecule has 0 saturated carbocycles. The molecule has 1 aliphatic heterocycles. The second-order valence-electron chi connectivity index (χ2n) is 3.58. The Morgan fingerprint density at radius 3 is 3.00 bits per heavy atom. The van der Waals surface area contributed by atoms with Crippen molar-refractivity contribution in [1.29, 1.82) is 0 Å². The average molecular weight is 257 g/mol. The summed E-state index contributed by atoms with van der Waals surface area (Å²) in [5.74, 6) is 0. The van der Waals surface area contributed by atoms with Gasteiger partial charge in [0.05, 0.1) is 18.0 Å². The third-order valence-corrected chi connectivity index (χ3v) is 2.94. The van der Waals surface area contributed by atoms with Crippen LogP contribution in [0, 0.1) is 0 Å². The lowest BCUT2D eigenvalue weighted by Crippen LogP contribution is -2.38. The number of hydrogen-bond acceptors (Lipinski definition) is 3. The zero-order chi connectivity index (χ0) is 9.97. The van der Waals surface area contributed by atoms with Crippen LogP contribution < -0.4 is 4.90 Å². The Kier molecular flexibility index (Phi) is 3.03. The molecular formula is C10H13BrN2O. The van der Waals surface area contributed by atoms with Crippen molar-refractivity contribution in [3.8, 4) is 0 Å². The van der Waals surface area contributed by atoms with Gasteiger partial charge in [-0.2, -0.15) is 0 Å². The summed E-state index contributed by atoms with van der Waals surface area (Å²) >= 11 is 3.30. The molecule has 0 radical (unpaired) electrons. The zero-order valence-corrected chi connectivity index (χ0v) is 9.44. The summed E-state index contributed by atoms with van der Waals surface area (Å²) in [6.45, 7) is 1.74. The number of rotatable bonds is 1. The molecule has 0 amide bonds. The van der Waals surface area contributed by atoms with E-state index in [1.54, 1.807) is 0 Å². The molecule has 1 saturated heterocycles. The summed E-state index contributed by atoms with van der Waals surface area (Å²) in [4.78, 5) is 6.35. The van der Waals surface area contributed by atoms with Crippen molar-refractivity contribution in [3.63, 3.8) is 0 Å². The Bertz CT molecular complexity index is 301. The Morgan fingerprint density at radius 2 is 2.36 bits per heavy atom. The number of halogens is 1. The molecule has 0 spiro atoms. The Morgan fingerprint density at radius 1 is 1.50 bits per heavy atom. The van der Waals surface area contributed by atoms with E-state index >= 15 is 0 Å². The van der Waals surface area contributed by atoms with Gasteiger partial charge in [-0.1, -0.05) is 0 Å². The molecule has 0 bridgehead atoms. The van der Waals surface area contributed by atoms with Crippen molar-refractivity contribution >= 4 is 21.6 Å². The minimum Gasteiger partial charge on any atom is -0.391 e. The van der Waals surface area contributed by atoms with E-state index in [1.807, 2.05) is 18.3 Å². The molecule has 1 fully saturated rings. The molecule has 1 aromatic heterocycles. The first-order chi connectivity index (χ1) is 6.75. The highest BCUT2D eigenvalue weighted by atomic mass is 79.9. The minimum absolute atomic E-state index is 0.188. The number of β-amino-alcohol motifs (C(OH)–C–C–N with tert-alkyl or cyclic N) is 1. The molecule has 76 valence electrons. The van der Waals surface area contributed by atoms with Gasteiger partial charge in [-0.15, -0.1) is 0 Å². The summed E-state index contributed by atoms with van der Waals surface area (Å²) < 4.78 is 0.846. The Balaban J connectivity index is 2.10. The largest absolute Gasteiger partial charge is 0.391 e. The second-order valence-corrected chi connectivity index (χ2v) is 4.39. The highest BCUT2D eigenvalue weighted by Gasteiger charge is 2.17. The van der Waals surface area contributed by atoms with Crippen molar-refractivity contribution in [2.45, 2.75) is 18.9 Å². The number of aliphatic hydroxyl groups excluding tert-OH is 1. The molecule has 0 aromatic carbocycles. The van der Waals surface area contributed by atoms with E-state index in [-0.39, 0.29) is 6.10 Å². The van der Waals surface area contributed by atoms with Crippen LogP contribution >= 0.6 is 15.9 Å². The first-order valence-electron chi connectivity index (χ1n) is 4.80. The van der Waals surface area contributed by atoms with Gasteiger partial charge in [0, 0.05) is 13.1 Å². The van der Waals surface area contributed by atoms with Gasteiger partial charge in [-0.25, -0.2) is 4.98 Å². The zero-order valence-electron chi connectivity index (χ0n) is 7.86. The Hall–Kier alpha value is -0.610. The molecule has 3 nitrogen and oxygen atoms in total. The summed E-state index contributed by atoms with van der Waals surface area (Å²) in [6.07, 6.45) is 3.62. The average Bonchev–Trinajstić information content (AvgIpc) is 2.19. The lowest BCUT2D eigenvalue weighted by atomic mass is 10.1. The molecule has 1 N–H and O–H groups in total.